The highest BCUT2D eigenvalue weighted by Gasteiger charge is 2.13. The van der Waals surface area contributed by atoms with Gasteiger partial charge >= 0.3 is 0 Å². The number of aromatic nitrogens is 3. The maximum Gasteiger partial charge on any atom is 0.300 e. The fourth-order valence-corrected chi connectivity index (χ4v) is 4.11. The topological polar surface area (TPSA) is 97.7 Å². The molecule has 0 aliphatic heterocycles. The molecule has 0 unspecified atom stereocenters. The lowest BCUT2D eigenvalue weighted by atomic mass is 10.1. The van der Waals surface area contributed by atoms with Gasteiger partial charge in [0.25, 0.3) is 11.5 Å². The highest BCUT2D eigenvalue weighted by Crippen LogP contribution is 2.24. The van der Waals surface area contributed by atoms with Crippen LogP contribution in [0.3, 0.4) is 0 Å². The third-order valence-corrected chi connectivity index (χ3v) is 5.81. The molecule has 3 aromatic heterocycles. The zero-order valence-electron chi connectivity index (χ0n) is 17.7. The second kappa shape index (κ2) is 9.40. The largest absolute Gasteiger partial charge is 0.481 e. The van der Waals surface area contributed by atoms with Gasteiger partial charge in [-0.1, -0.05) is 47.2 Å². The Morgan fingerprint density at radius 3 is 2.48 bits per heavy atom. The normalized spacial score (nSPS) is 11.4. The molecule has 0 saturated heterocycles. The summed E-state index contributed by atoms with van der Waals surface area (Å²) in [5.74, 6) is 1.03. The molecule has 0 bridgehead atoms. The molecule has 0 spiro atoms. The van der Waals surface area contributed by atoms with E-state index in [0.717, 1.165) is 23.6 Å². The average Bonchev–Trinajstić information content (AvgIpc) is 3.46. The van der Waals surface area contributed by atoms with Crippen molar-refractivity contribution in [2.24, 2.45) is 0 Å². The van der Waals surface area contributed by atoms with Gasteiger partial charge in [0.2, 0.25) is 4.96 Å². The Hall–Kier alpha value is -3.75. The summed E-state index contributed by atoms with van der Waals surface area (Å²) in [7, 11) is 0. The number of nitrogens with zero attached hydrogens (tertiary/aromatic N) is 3. The van der Waals surface area contributed by atoms with E-state index in [-0.39, 0.29) is 5.56 Å². The number of thiazole rings is 1. The highest BCUT2D eigenvalue weighted by atomic mass is 35.5. The molecule has 0 aliphatic carbocycles. The van der Waals surface area contributed by atoms with Crippen LogP contribution in [0.5, 0.6) is 0 Å². The van der Waals surface area contributed by atoms with E-state index in [9.17, 15) is 4.79 Å². The van der Waals surface area contributed by atoms with Crippen LogP contribution < -0.4 is 10.1 Å². The van der Waals surface area contributed by atoms with Crippen molar-refractivity contribution in [1.82, 2.24) is 14.6 Å². The fraction of sp³-hybridized carbons (Fsp3) is 0.0833. The molecule has 0 aliphatic rings. The van der Waals surface area contributed by atoms with Crippen LogP contribution >= 0.6 is 22.9 Å². The van der Waals surface area contributed by atoms with Crippen LogP contribution in [0.4, 0.5) is 0 Å². The number of furan rings is 1. The van der Waals surface area contributed by atoms with Crippen LogP contribution in [0, 0.1) is 6.92 Å². The number of halogens is 1. The molecular formula is C24H18ClN3O4S. The zero-order chi connectivity index (χ0) is 23.5. The first-order valence-electron chi connectivity index (χ1n) is 9.84. The van der Waals surface area contributed by atoms with Gasteiger partial charge in [-0.05, 0) is 48.9 Å². The molecule has 9 heteroatoms. The standard InChI is InChI=1S/C22H14ClN3O2S.C2H4O2/c1-13-4-2-3-5-17(13)20-24-22-26(25-20)21(27)19(29-22)12-16-10-11-18(28-16)14-6-8-15(23)9-7-14;1-2(3)4/h2-12H,1H3;1H3,(H,3,4). The number of carbonyl (C=O) groups is 1. The minimum absolute atomic E-state index is 0.207. The molecule has 5 aromatic rings. The predicted octanol–water partition coefficient (Wildman–Crippen LogP) is 4.68. The summed E-state index contributed by atoms with van der Waals surface area (Å²) >= 11 is 7.22. The zero-order valence-corrected chi connectivity index (χ0v) is 19.2. The van der Waals surface area contributed by atoms with Crippen molar-refractivity contribution in [2.75, 3.05) is 0 Å². The van der Waals surface area contributed by atoms with Gasteiger partial charge in [0.1, 0.15) is 16.1 Å². The third-order valence-electron chi connectivity index (χ3n) is 4.60. The Balaban J connectivity index is 0.000000601. The first-order valence-corrected chi connectivity index (χ1v) is 11.0. The van der Waals surface area contributed by atoms with E-state index in [4.69, 9.17) is 25.9 Å². The highest BCUT2D eigenvalue weighted by molar-refractivity contribution is 7.15. The summed E-state index contributed by atoms with van der Waals surface area (Å²) in [6.07, 6.45) is 1.72. The van der Waals surface area contributed by atoms with Crippen LogP contribution in [-0.2, 0) is 4.79 Å². The van der Waals surface area contributed by atoms with Crippen LogP contribution in [0.1, 0.15) is 18.2 Å². The van der Waals surface area contributed by atoms with Crippen LogP contribution in [0.25, 0.3) is 33.7 Å². The maximum atomic E-state index is 12.8. The monoisotopic (exact) mass is 479 g/mol. The van der Waals surface area contributed by atoms with Crippen molar-refractivity contribution in [2.45, 2.75) is 13.8 Å². The van der Waals surface area contributed by atoms with Crippen molar-refractivity contribution in [1.29, 1.82) is 0 Å². The number of aliphatic carboxylic acids is 1. The summed E-state index contributed by atoms with van der Waals surface area (Å²) in [5, 5.41) is 12.5. The maximum absolute atomic E-state index is 12.8. The van der Waals surface area contributed by atoms with Crippen LogP contribution in [0.15, 0.2) is 69.9 Å². The van der Waals surface area contributed by atoms with Crippen molar-refractivity contribution in [3.8, 4) is 22.7 Å². The molecule has 3 heterocycles. The van der Waals surface area contributed by atoms with E-state index < -0.39 is 5.97 Å². The minimum Gasteiger partial charge on any atom is -0.481 e. The summed E-state index contributed by atoms with van der Waals surface area (Å²) < 4.78 is 7.74. The Morgan fingerprint density at radius 2 is 1.82 bits per heavy atom. The predicted molar refractivity (Wildman–Crippen MR) is 129 cm³/mol. The molecule has 33 heavy (non-hydrogen) atoms. The molecule has 7 nitrogen and oxygen atoms in total. The second-order valence-electron chi connectivity index (χ2n) is 7.09. The van der Waals surface area contributed by atoms with E-state index in [2.05, 4.69) is 10.1 Å². The van der Waals surface area contributed by atoms with Gasteiger partial charge in [0, 0.05) is 29.1 Å². The number of carboxylic acids is 1. The molecule has 166 valence electrons. The van der Waals surface area contributed by atoms with Gasteiger partial charge in [-0.3, -0.25) is 9.59 Å². The number of fused-ring (bicyclic) bond motifs is 1. The summed E-state index contributed by atoms with van der Waals surface area (Å²) in [6.45, 7) is 3.08. The summed E-state index contributed by atoms with van der Waals surface area (Å²) in [6, 6.07) is 18.9. The number of carboxylic acid groups (broad SMARTS) is 1. The molecular weight excluding hydrogens is 462 g/mol. The fourth-order valence-electron chi connectivity index (χ4n) is 3.10. The average molecular weight is 480 g/mol. The van der Waals surface area contributed by atoms with E-state index in [0.29, 0.717) is 31.9 Å². The Kier molecular flexibility index (Phi) is 6.39. The lowest BCUT2D eigenvalue weighted by molar-refractivity contribution is -0.134. The van der Waals surface area contributed by atoms with Crippen molar-refractivity contribution < 1.29 is 14.3 Å². The summed E-state index contributed by atoms with van der Waals surface area (Å²) in [5.41, 5.74) is 2.70. The van der Waals surface area contributed by atoms with Crippen molar-refractivity contribution in [3.63, 3.8) is 0 Å². The van der Waals surface area contributed by atoms with Gasteiger partial charge in [0.05, 0.1) is 0 Å². The molecule has 1 N–H and O–H groups in total. The number of aryl methyl sites for hydroxylation is 1. The number of hydrogen-bond donors (Lipinski definition) is 1. The Morgan fingerprint density at radius 1 is 1.12 bits per heavy atom. The van der Waals surface area contributed by atoms with Crippen LogP contribution in [0.2, 0.25) is 5.02 Å². The number of hydrogen-bond acceptors (Lipinski definition) is 6. The summed E-state index contributed by atoms with van der Waals surface area (Å²) in [4.78, 5) is 26.9. The molecule has 2 aromatic carbocycles. The van der Waals surface area contributed by atoms with E-state index in [1.807, 2.05) is 67.6 Å². The SMILES string of the molecule is CC(=O)O.Cc1ccccc1-c1nc2sc(=Cc3ccc(-c4ccc(Cl)cc4)o3)c(=O)n2n1. The van der Waals surface area contributed by atoms with E-state index in [1.165, 1.54) is 15.9 Å². The van der Waals surface area contributed by atoms with Crippen LogP contribution in [-0.4, -0.2) is 25.7 Å². The van der Waals surface area contributed by atoms with Gasteiger partial charge < -0.3 is 9.52 Å². The van der Waals surface area contributed by atoms with Gasteiger partial charge in [0.15, 0.2) is 5.82 Å². The number of benzene rings is 2. The van der Waals surface area contributed by atoms with Gasteiger partial charge in [-0.2, -0.15) is 9.50 Å². The Labute approximate surface area is 197 Å². The van der Waals surface area contributed by atoms with E-state index >= 15 is 0 Å². The Bertz CT molecular complexity index is 1550. The third kappa shape index (κ3) is 5.02. The smallest absolute Gasteiger partial charge is 0.300 e. The molecule has 0 amide bonds. The van der Waals surface area contributed by atoms with Gasteiger partial charge in [-0.15, -0.1) is 5.10 Å². The van der Waals surface area contributed by atoms with Crippen molar-refractivity contribution >= 4 is 39.9 Å². The first kappa shape index (κ1) is 22.4. The second-order valence-corrected chi connectivity index (χ2v) is 8.53. The molecule has 0 fully saturated rings. The molecule has 0 radical (unpaired) electrons. The first-order chi connectivity index (χ1) is 15.8. The molecule has 5 rings (SSSR count). The van der Waals surface area contributed by atoms with Gasteiger partial charge in [-0.25, -0.2) is 0 Å². The van der Waals surface area contributed by atoms with E-state index in [1.54, 1.807) is 6.08 Å². The molecule has 0 saturated carbocycles. The molecule has 0 atom stereocenters. The lowest BCUT2D eigenvalue weighted by Crippen LogP contribution is -2.23. The lowest BCUT2D eigenvalue weighted by Gasteiger charge is -1.98. The number of rotatable bonds is 3. The van der Waals surface area contributed by atoms with Crippen molar-refractivity contribution in [3.05, 3.63) is 91.9 Å². The minimum atomic E-state index is -0.833. The quantitative estimate of drug-likeness (QED) is 0.403.